The van der Waals surface area contributed by atoms with Crippen LogP contribution in [0.25, 0.3) is 0 Å². The van der Waals surface area contributed by atoms with E-state index in [2.05, 4.69) is 0 Å². The molecule has 0 aromatic heterocycles. The molecule has 0 atom stereocenters. The molecule has 4 N–H and O–H groups in total. The minimum Gasteiger partial charge on any atom is -0.370 e. The molecule has 0 bridgehead atoms. The minimum absolute atomic E-state index is 0.0303. The van der Waals surface area contributed by atoms with E-state index in [0.29, 0.717) is 25.9 Å². The number of benzene rings is 1. The Bertz CT molecular complexity index is 446. The number of hydrogen-bond donors (Lipinski definition) is 2. The van der Waals surface area contributed by atoms with Crippen LogP contribution in [0.3, 0.4) is 0 Å². The first-order valence-electron chi connectivity index (χ1n) is 6.40. The van der Waals surface area contributed by atoms with Gasteiger partial charge in [0.05, 0.1) is 0 Å². The topological polar surface area (TPSA) is 89.4 Å². The van der Waals surface area contributed by atoms with Crippen molar-refractivity contribution in [3.05, 3.63) is 29.8 Å². The van der Waals surface area contributed by atoms with Gasteiger partial charge in [-0.2, -0.15) is 0 Å². The van der Waals surface area contributed by atoms with Crippen LogP contribution in [0.5, 0.6) is 0 Å². The van der Waals surface area contributed by atoms with Gasteiger partial charge in [0.1, 0.15) is 0 Å². The van der Waals surface area contributed by atoms with Gasteiger partial charge in [-0.25, -0.2) is 0 Å². The fourth-order valence-electron chi connectivity index (χ4n) is 1.80. The summed E-state index contributed by atoms with van der Waals surface area (Å²) in [6.07, 6.45) is 1.17. The molecule has 5 heteroatoms. The highest BCUT2D eigenvalue weighted by Crippen LogP contribution is 2.17. The zero-order valence-electron chi connectivity index (χ0n) is 11.3. The fourth-order valence-corrected chi connectivity index (χ4v) is 1.80. The Morgan fingerprint density at radius 3 is 2.58 bits per heavy atom. The Morgan fingerprint density at radius 1 is 1.26 bits per heavy atom. The van der Waals surface area contributed by atoms with Crippen molar-refractivity contribution < 1.29 is 9.59 Å². The van der Waals surface area contributed by atoms with Gasteiger partial charge < -0.3 is 16.4 Å². The average molecular weight is 263 g/mol. The highest BCUT2D eigenvalue weighted by atomic mass is 16.2. The van der Waals surface area contributed by atoms with Gasteiger partial charge in [-0.1, -0.05) is 12.1 Å². The number of nitrogens with zero attached hydrogens (tertiary/aromatic N) is 1. The van der Waals surface area contributed by atoms with Gasteiger partial charge in [-0.3, -0.25) is 9.59 Å². The Kier molecular flexibility index (Phi) is 6.02. The molecule has 0 saturated heterocycles. The molecule has 104 valence electrons. The largest absolute Gasteiger partial charge is 0.370 e. The molecule has 5 nitrogen and oxygen atoms in total. The van der Waals surface area contributed by atoms with Gasteiger partial charge in [0.15, 0.2) is 0 Å². The maximum absolute atomic E-state index is 12.1. The third-order valence-corrected chi connectivity index (χ3v) is 2.79. The first-order chi connectivity index (χ1) is 9.04. The summed E-state index contributed by atoms with van der Waals surface area (Å²) in [4.78, 5) is 24.7. The van der Waals surface area contributed by atoms with Gasteiger partial charge in [0.25, 0.3) is 0 Å². The van der Waals surface area contributed by atoms with E-state index in [1.165, 1.54) is 0 Å². The fraction of sp³-hybridized carbons (Fsp3) is 0.429. The van der Waals surface area contributed by atoms with Crippen molar-refractivity contribution in [3.63, 3.8) is 0 Å². The Morgan fingerprint density at radius 2 is 2.00 bits per heavy atom. The second kappa shape index (κ2) is 7.53. The first kappa shape index (κ1) is 15.2. The number of amides is 2. The highest BCUT2D eigenvalue weighted by Gasteiger charge is 2.15. The Balaban J connectivity index is 2.84. The van der Waals surface area contributed by atoms with Gasteiger partial charge in [0, 0.05) is 25.1 Å². The van der Waals surface area contributed by atoms with Crippen LogP contribution in [0.4, 0.5) is 5.69 Å². The number of aryl methyl sites for hydroxylation is 1. The van der Waals surface area contributed by atoms with Crippen molar-refractivity contribution in [1.82, 2.24) is 0 Å². The van der Waals surface area contributed by atoms with Crippen LogP contribution in [-0.4, -0.2) is 24.9 Å². The molecule has 0 aliphatic rings. The molecule has 1 aromatic rings. The lowest BCUT2D eigenvalue weighted by Gasteiger charge is -2.22. The van der Waals surface area contributed by atoms with Crippen LogP contribution < -0.4 is 16.4 Å². The van der Waals surface area contributed by atoms with Crippen molar-refractivity contribution >= 4 is 17.5 Å². The van der Waals surface area contributed by atoms with Gasteiger partial charge in [0.2, 0.25) is 11.8 Å². The lowest BCUT2D eigenvalue weighted by molar-refractivity contribution is -0.119. The third-order valence-electron chi connectivity index (χ3n) is 2.79. The zero-order valence-corrected chi connectivity index (χ0v) is 11.3. The van der Waals surface area contributed by atoms with Gasteiger partial charge in [-0.05, 0) is 37.6 Å². The molecular weight excluding hydrogens is 242 g/mol. The summed E-state index contributed by atoms with van der Waals surface area (Å²) in [7, 11) is 0. The maximum Gasteiger partial charge on any atom is 0.227 e. The number of nitrogens with two attached hydrogens (primary N) is 2. The molecule has 19 heavy (non-hydrogen) atoms. The molecule has 1 aromatic carbocycles. The summed E-state index contributed by atoms with van der Waals surface area (Å²) in [5, 5.41) is 0. The molecule has 0 fully saturated rings. The van der Waals surface area contributed by atoms with E-state index in [1.54, 1.807) is 4.90 Å². The number of carbonyl (C=O) groups is 2. The molecule has 0 aliphatic carbocycles. The van der Waals surface area contributed by atoms with Crippen molar-refractivity contribution in [2.24, 2.45) is 11.5 Å². The SMILES string of the molecule is Cc1cccc(N(CCC(N)=O)C(=O)CCCN)c1. The molecule has 1 rings (SSSR count). The first-order valence-corrected chi connectivity index (χ1v) is 6.40. The number of anilines is 1. The molecule has 0 spiro atoms. The molecular formula is C14H21N3O2. The number of rotatable bonds is 7. The van der Waals surface area contributed by atoms with E-state index in [-0.39, 0.29) is 12.3 Å². The van der Waals surface area contributed by atoms with Crippen molar-refractivity contribution in [3.8, 4) is 0 Å². The number of hydrogen-bond acceptors (Lipinski definition) is 3. The van der Waals surface area contributed by atoms with Crippen LogP contribution in [0, 0.1) is 6.92 Å². The van der Waals surface area contributed by atoms with E-state index in [9.17, 15) is 9.59 Å². The predicted octanol–water partition coefficient (Wildman–Crippen LogP) is 0.942. The normalized spacial score (nSPS) is 10.2. The van der Waals surface area contributed by atoms with Gasteiger partial charge >= 0.3 is 0 Å². The zero-order chi connectivity index (χ0) is 14.3. The predicted molar refractivity (Wildman–Crippen MR) is 75.6 cm³/mol. The van der Waals surface area contributed by atoms with Crippen molar-refractivity contribution in [2.75, 3.05) is 18.0 Å². The lowest BCUT2D eigenvalue weighted by Crippen LogP contribution is -2.34. The molecule has 2 amide bonds. The van der Waals surface area contributed by atoms with Crippen LogP contribution in [0.15, 0.2) is 24.3 Å². The minimum atomic E-state index is -0.413. The van der Waals surface area contributed by atoms with Crippen molar-refractivity contribution in [2.45, 2.75) is 26.2 Å². The standard InChI is InChI=1S/C14H21N3O2/c1-11-4-2-5-12(10-11)17(9-7-13(16)18)14(19)6-3-8-15/h2,4-5,10H,3,6-9,15H2,1H3,(H2,16,18). The summed E-state index contributed by atoms with van der Waals surface area (Å²) >= 11 is 0. The maximum atomic E-state index is 12.1. The van der Waals surface area contributed by atoms with Crippen molar-refractivity contribution in [1.29, 1.82) is 0 Å². The summed E-state index contributed by atoms with van der Waals surface area (Å²) in [5.74, 6) is -0.443. The summed E-state index contributed by atoms with van der Waals surface area (Å²) < 4.78 is 0. The smallest absolute Gasteiger partial charge is 0.227 e. The molecule has 0 heterocycles. The quantitative estimate of drug-likeness (QED) is 0.767. The summed E-state index contributed by atoms with van der Waals surface area (Å²) in [5.41, 5.74) is 12.4. The van der Waals surface area contributed by atoms with E-state index in [4.69, 9.17) is 11.5 Å². The average Bonchev–Trinajstić information content (AvgIpc) is 2.36. The molecule has 0 saturated carbocycles. The highest BCUT2D eigenvalue weighted by molar-refractivity contribution is 5.94. The van der Waals surface area contributed by atoms with Crippen LogP contribution in [0.2, 0.25) is 0 Å². The second-order valence-corrected chi connectivity index (χ2v) is 4.49. The van der Waals surface area contributed by atoms with Crippen LogP contribution >= 0.6 is 0 Å². The monoisotopic (exact) mass is 263 g/mol. The Hall–Kier alpha value is -1.88. The molecule has 0 unspecified atom stereocenters. The van der Waals surface area contributed by atoms with E-state index >= 15 is 0 Å². The van der Waals surface area contributed by atoms with E-state index in [1.807, 2.05) is 31.2 Å². The summed E-state index contributed by atoms with van der Waals surface area (Å²) in [6.45, 7) is 2.74. The molecule has 0 radical (unpaired) electrons. The number of primary amides is 1. The second-order valence-electron chi connectivity index (χ2n) is 4.49. The Labute approximate surface area is 113 Å². The third kappa shape index (κ3) is 5.09. The van der Waals surface area contributed by atoms with E-state index in [0.717, 1.165) is 11.3 Å². The lowest BCUT2D eigenvalue weighted by atomic mass is 10.1. The summed E-state index contributed by atoms with van der Waals surface area (Å²) in [6, 6.07) is 7.62. The van der Waals surface area contributed by atoms with Crippen LogP contribution in [-0.2, 0) is 9.59 Å². The van der Waals surface area contributed by atoms with Crippen LogP contribution in [0.1, 0.15) is 24.8 Å². The molecule has 0 aliphatic heterocycles. The number of carbonyl (C=O) groups excluding carboxylic acids is 2. The van der Waals surface area contributed by atoms with Gasteiger partial charge in [-0.15, -0.1) is 0 Å². The van der Waals surface area contributed by atoms with E-state index < -0.39 is 5.91 Å².